The fourth-order valence-electron chi connectivity index (χ4n) is 3.42. The van der Waals surface area contributed by atoms with Crippen LogP contribution in [0, 0.1) is 0 Å². The molecule has 0 saturated heterocycles. The SMILES string of the molecule is COCCOCCOCCN(OCc1ccccc1)S(=O)(=O)CCCCCCNC(=S)NCc1cccnc1. The van der Waals surface area contributed by atoms with E-state index in [1.54, 1.807) is 19.5 Å². The van der Waals surface area contributed by atoms with Gasteiger partial charge in [-0.2, -0.15) is 0 Å². The van der Waals surface area contributed by atoms with Crippen molar-refractivity contribution in [1.82, 2.24) is 20.1 Å². The molecular formula is C27H42N4O6S2. The zero-order chi connectivity index (χ0) is 28.0. The molecule has 1 aromatic heterocycles. The largest absolute Gasteiger partial charge is 0.382 e. The molecule has 2 aromatic rings. The summed E-state index contributed by atoms with van der Waals surface area (Å²) in [6, 6.07) is 13.4. The molecule has 218 valence electrons. The van der Waals surface area contributed by atoms with Crippen LogP contribution in [0.25, 0.3) is 0 Å². The molecule has 0 saturated carbocycles. The van der Waals surface area contributed by atoms with Crippen LogP contribution in [0.4, 0.5) is 0 Å². The highest BCUT2D eigenvalue weighted by molar-refractivity contribution is 7.88. The zero-order valence-corrected chi connectivity index (χ0v) is 24.4. The zero-order valence-electron chi connectivity index (χ0n) is 22.8. The van der Waals surface area contributed by atoms with E-state index in [-0.39, 0.29) is 25.5 Å². The Bertz CT molecular complexity index is 1000. The van der Waals surface area contributed by atoms with Crippen LogP contribution < -0.4 is 10.6 Å². The number of aromatic nitrogens is 1. The number of thiocarbonyl (C=S) groups is 1. The lowest BCUT2D eigenvalue weighted by molar-refractivity contribution is -0.107. The minimum absolute atomic E-state index is 0.0143. The van der Waals surface area contributed by atoms with Gasteiger partial charge in [0.15, 0.2) is 5.11 Å². The minimum Gasteiger partial charge on any atom is -0.382 e. The third-order valence-electron chi connectivity index (χ3n) is 5.54. The number of rotatable bonds is 22. The van der Waals surface area contributed by atoms with Gasteiger partial charge < -0.3 is 24.8 Å². The van der Waals surface area contributed by atoms with Gasteiger partial charge in [0.05, 0.1) is 51.9 Å². The number of pyridine rings is 1. The van der Waals surface area contributed by atoms with Crippen molar-refractivity contribution in [3.63, 3.8) is 0 Å². The molecule has 10 nitrogen and oxygen atoms in total. The van der Waals surface area contributed by atoms with Crippen molar-refractivity contribution in [2.45, 2.75) is 38.8 Å². The van der Waals surface area contributed by atoms with E-state index in [1.165, 1.54) is 0 Å². The van der Waals surface area contributed by atoms with Crippen molar-refractivity contribution < 1.29 is 27.5 Å². The first-order chi connectivity index (χ1) is 19.0. The summed E-state index contributed by atoms with van der Waals surface area (Å²) in [6.45, 7) is 3.63. The van der Waals surface area contributed by atoms with E-state index >= 15 is 0 Å². The Labute approximate surface area is 238 Å². The van der Waals surface area contributed by atoms with Crippen molar-refractivity contribution in [2.75, 3.05) is 59.0 Å². The molecule has 0 aliphatic rings. The van der Waals surface area contributed by atoms with Crippen molar-refractivity contribution >= 4 is 27.4 Å². The summed E-state index contributed by atoms with van der Waals surface area (Å²) in [6.07, 6.45) is 6.66. The van der Waals surface area contributed by atoms with E-state index < -0.39 is 10.0 Å². The van der Waals surface area contributed by atoms with E-state index in [0.29, 0.717) is 44.5 Å². The van der Waals surface area contributed by atoms with Crippen molar-refractivity contribution in [3.8, 4) is 0 Å². The van der Waals surface area contributed by atoms with Crippen molar-refractivity contribution in [2.24, 2.45) is 0 Å². The van der Waals surface area contributed by atoms with Gasteiger partial charge in [-0.1, -0.05) is 53.7 Å². The van der Waals surface area contributed by atoms with Crippen LogP contribution in [0.2, 0.25) is 0 Å². The first-order valence-electron chi connectivity index (χ1n) is 13.2. The highest BCUT2D eigenvalue weighted by Gasteiger charge is 2.22. The van der Waals surface area contributed by atoms with Gasteiger partial charge in [0.1, 0.15) is 0 Å². The average molecular weight is 583 g/mol. The standard InChI is InChI=1S/C27H42N4O6S2/c1-34-17-18-36-20-19-35-16-15-31(37-24-25-10-5-4-6-11-25)39(32,33)21-8-3-2-7-14-29-27(38)30-23-26-12-9-13-28-22-26/h4-6,9-13,22H,2-3,7-8,14-21,23-24H2,1H3,(H2,29,30,38). The Hall–Kier alpha value is -2.19. The van der Waals surface area contributed by atoms with Gasteiger partial charge in [0.25, 0.3) is 0 Å². The lowest BCUT2D eigenvalue weighted by Crippen LogP contribution is -2.36. The molecule has 0 aliphatic heterocycles. The average Bonchev–Trinajstić information content (AvgIpc) is 2.95. The van der Waals surface area contributed by atoms with Gasteiger partial charge in [-0.25, -0.2) is 8.42 Å². The van der Waals surface area contributed by atoms with Crippen LogP contribution in [0.5, 0.6) is 0 Å². The number of ether oxygens (including phenoxy) is 3. The fraction of sp³-hybridized carbons (Fsp3) is 0.556. The molecule has 0 amide bonds. The molecule has 0 aliphatic carbocycles. The van der Waals surface area contributed by atoms with Crippen LogP contribution >= 0.6 is 12.2 Å². The van der Waals surface area contributed by atoms with Crippen LogP contribution in [-0.2, 0) is 42.2 Å². The van der Waals surface area contributed by atoms with Crippen LogP contribution in [0.3, 0.4) is 0 Å². The molecule has 0 unspecified atom stereocenters. The molecule has 2 N–H and O–H groups in total. The Morgan fingerprint density at radius 3 is 2.36 bits per heavy atom. The second kappa shape index (κ2) is 20.7. The number of hydrogen-bond acceptors (Lipinski definition) is 8. The van der Waals surface area contributed by atoms with Gasteiger partial charge in [-0.15, -0.1) is 0 Å². The topological polar surface area (TPSA) is 111 Å². The maximum absolute atomic E-state index is 13.0. The number of unbranched alkanes of at least 4 members (excludes halogenated alkanes) is 3. The summed E-state index contributed by atoms with van der Waals surface area (Å²) in [5.74, 6) is 0.0143. The van der Waals surface area contributed by atoms with Gasteiger partial charge in [-0.05, 0) is 42.3 Å². The van der Waals surface area contributed by atoms with Crippen molar-refractivity contribution in [1.29, 1.82) is 0 Å². The predicted octanol–water partition coefficient (Wildman–Crippen LogP) is 3.05. The lowest BCUT2D eigenvalue weighted by atomic mass is 10.2. The highest BCUT2D eigenvalue weighted by Crippen LogP contribution is 2.11. The molecule has 0 radical (unpaired) electrons. The third-order valence-corrected chi connectivity index (χ3v) is 7.54. The Morgan fingerprint density at radius 2 is 1.62 bits per heavy atom. The van der Waals surface area contributed by atoms with Gasteiger partial charge in [-0.3, -0.25) is 9.82 Å². The van der Waals surface area contributed by atoms with Gasteiger partial charge in [0, 0.05) is 32.6 Å². The number of methoxy groups -OCH3 is 1. The quantitative estimate of drug-likeness (QED) is 0.122. The maximum atomic E-state index is 13.0. The highest BCUT2D eigenvalue weighted by atomic mass is 32.2. The summed E-state index contributed by atoms with van der Waals surface area (Å²) in [4.78, 5) is 9.79. The summed E-state index contributed by atoms with van der Waals surface area (Å²) in [7, 11) is -1.99. The summed E-state index contributed by atoms with van der Waals surface area (Å²) < 4.78 is 42.9. The Morgan fingerprint density at radius 1 is 0.897 bits per heavy atom. The molecule has 0 spiro atoms. The third kappa shape index (κ3) is 15.9. The van der Waals surface area contributed by atoms with Crippen LogP contribution in [0.15, 0.2) is 54.9 Å². The molecule has 1 heterocycles. The van der Waals surface area contributed by atoms with E-state index in [2.05, 4.69) is 15.6 Å². The number of nitrogens with one attached hydrogen (secondary N) is 2. The molecule has 0 fully saturated rings. The summed E-state index contributed by atoms with van der Waals surface area (Å²) in [5, 5.41) is 6.93. The van der Waals surface area contributed by atoms with E-state index in [9.17, 15) is 8.42 Å². The second-order valence-electron chi connectivity index (χ2n) is 8.70. The molecule has 1 aromatic carbocycles. The van der Waals surface area contributed by atoms with E-state index in [4.69, 9.17) is 31.3 Å². The second-order valence-corrected chi connectivity index (χ2v) is 11.1. The molecule has 39 heavy (non-hydrogen) atoms. The number of benzene rings is 1. The molecule has 12 heteroatoms. The van der Waals surface area contributed by atoms with Gasteiger partial charge >= 0.3 is 0 Å². The fourth-order valence-corrected chi connectivity index (χ4v) is 4.94. The summed E-state index contributed by atoms with van der Waals surface area (Å²) >= 11 is 5.30. The first kappa shape index (κ1) is 33.0. The van der Waals surface area contributed by atoms with Crippen LogP contribution in [-0.4, -0.2) is 82.0 Å². The molecule has 0 atom stereocenters. The number of hydroxylamine groups is 1. The first-order valence-corrected chi connectivity index (χ1v) is 15.3. The Kier molecular flexibility index (Phi) is 17.5. The molecule has 2 rings (SSSR count). The van der Waals surface area contributed by atoms with Crippen LogP contribution in [0.1, 0.15) is 36.8 Å². The maximum Gasteiger partial charge on any atom is 0.236 e. The summed E-state index contributed by atoms with van der Waals surface area (Å²) in [5.41, 5.74) is 1.95. The smallest absolute Gasteiger partial charge is 0.236 e. The number of hydrogen-bond donors (Lipinski definition) is 2. The van der Waals surface area contributed by atoms with E-state index in [1.807, 2.05) is 42.5 Å². The molecule has 0 bridgehead atoms. The van der Waals surface area contributed by atoms with E-state index in [0.717, 1.165) is 41.4 Å². The minimum atomic E-state index is -3.61. The number of sulfonamides is 1. The lowest BCUT2D eigenvalue weighted by Gasteiger charge is -2.21. The Balaban J connectivity index is 1.65. The monoisotopic (exact) mass is 582 g/mol. The van der Waals surface area contributed by atoms with Crippen molar-refractivity contribution in [3.05, 3.63) is 66.0 Å². The number of nitrogens with zero attached hydrogens (tertiary/aromatic N) is 2. The predicted molar refractivity (Wildman–Crippen MR) is 155 cm³/mol. The normalized spacial score (nSPS) is 11.5. The van der Waals surface area contributed by atoms with Gasteiger partial charge in [0.2, 0.25) is 10.0 Å². The molecular weight excluding hydrogens is 540 g/mol.